The Morgan fingerprint density at radius 2 is 2.12 bits per heavy atom. The first kappa shape index (κ1) is 18.4. The van der Waals surface area contributed by atoms with Gasteiger partial charge in [0.05, 0.1) is 12.6 Å². The summed E-state index contributed by atoms with van der Waals surface area (Å²) in [7, 11) is 0. The van der Waals surface area contributed by atoms with E-state index in [1.165, 1.54) is 0 Å². The number of carbonyl (C=O) groups excluding carboxylic acids is 1. The molecule has 1 aromatic rings. The summed E-state index contributed by atoms with van der Waals surface area (Å²) >= 11 is 0. The van der Waals surface area contributed by atoms with Crippen molar-refractivity contribution in [1.82, 2.24) is 5.32 Å². The zero-order valence-corrected chi connectivity index (χ0v) is 15.1. The van der Waals surface area contributed by atoms with Crippen LogP contribution in [0.25, 0.3) is 0 Å². The number of hydrogen-bond acceptors (Lipinski definition) is 3. The molecule has 2 rings (SSSR count). The third-order valence-electron chi connectivity index (χ3n) is 4.86. The highest BCUT2D eigenvalue weighted by molar-refractivity contribution is 5.97. The van der Waals surface area contributed by atoms with Crippen molar-refractivity contribution in [2.24, 2.45) is 11.8 Å². The summed E-state index contributed by atoms with van der Waals surface area (Å²) in [5.41, 5.74) is 2.60. The quantitative estimate of drug-likeness (QED) is 0.788. The molecule has 4 heteroatoms. The summed E-state index contributed by atoms with van der Waals surface area (Å²) in [4.78, 5) is 12.7. The molecule has 0 aromatic heterocycles. The third kappa shape index (κ3) is 4.30. The van der Waals surface area contributed by atoms with E-state index in [4.69, 9.17) is 11.2 Å². The molecule has 1 amide bonds. The summed E-state index contributed by atoms with van der Waals surface area (Å²) < 4.78 is 5.38. The molecule has 1 fully saturated rings. The van der Waals surface area contributed by atoms with E-state index in [2.05, 4.69) is 37.3 Å². The Kier molecular flexibility index (Phi) is 6.28. The van der Waals surface area contributed by atoms with Gasteiger partial charge in [0, 0.05) is 29.8 Å². The minimum Gasteiger partial charge on any atom is -0.382 e. The molecular formula is C20H28N2O2. The van der Waals surface area contributed by atoms with E-state index in [1.54, 1.807) is 0 Å². The Morgan fingerprint density at radius 1 is 1.38 bits per heavy atom. The topological polar surface area (TPSA) is 50.4 Å². The molecule has 0 saturated carbocycles. The lowest BCUT2D eigenvalue weighted by molar-refractivity contribution is 0.0931. The molecule has 0 radical (unpaired) electrons. The van der Waals surface area contributed by atoms with Crippen LogP contribution in [0.5, 0.6) is 0 Å². The summed E-state index contributed by atoms with van der Waals surface area (Å²) in [5, 5.41) is 6.47. The van der Waals surface area contributed by atoms with Crippen molar-refractivity contribution < 1.29 is 9.53 Å². The van der Waals surface area contributed by atoms with E-state index >= 15 is 0 Å². The minimum absolute atomic E-state index is 0.122. The molecule has 0 spiro atoms. The molecule has 1 aromatic carbocycles. The molecular weight excluding hydrogens is 300 g/mol. The maximum Gasteiger partial charge on any atom is 0.252 e. The molecule has 1 aliphatic heterocycles. The van der Waals surface area contributed by atoms with Gasteiger partial charge in [-0.2, -0.15) is 0 Å². The van der Waals surface area contributed by atoms with Crippen LogP contribution in [0.15, 0.2) is 18.2 Å². The lowest BCUT2D eigenvalue weighted by atomic mass is 9.98. The Bertz CT molecular complexity index is 613. The highest BCUT2D eigenvalue weighted by Gasteiger charge is 2.26. The lowest BCUT2D eigenvalue weighted by Gasteiger charge is -2.22. The van der Waals surface area contributed by atoms with Gasteiger partial charge in [-0.05, 0) is 43.9 Å². The number of terminal acetylenes is 1. The number of rotatable bonds is 6. The van der Waals surface area contributed by atoms with Crippen LogP contribution >= 0.6 is 0 Å². The fraction of sp³-hybridized carbons (Fsp3) is 0.550. The predicted molar refractivity (Wildman–Crippen MR) is 98.1 cm³/mol. The number of benzene rings is 1. The normalized spacial score (nSPS) is 19.6. The molecule has 3 atom stereocenters. The van der Waals surface area contributed by atoms with Crippen LogP contribution in [-0.4, -0.2) is 31.2 Å². The van der Waals surface area contributed by atoms with Crippen molar-refractivity contribution in [2.45, 2.75) is 46.2 Å². The minimum atomic E-state index is -0.286. The van der Waals surface area contributed by atoms with E-state index in [0.717, 1.165) is 17.7 Å². The molecule has 24 heavy (non-hydrogen) atoms. The largest absolute Gasteiger partial charge is 0.382 e. The third-order valence-corrected chi connectivity index (χ3v) is 4.86. The molecule has 0 aliphatic carbocycles. The molecule has 1 aliphatic rings. The van der Waals surface area contributed by atoms with E-state index in [9.17, 15) is 4.79 Å². The van der Waals surface area contributed by atoms with Gasteiger partial charge in [-0.25, -0.2) is 0 Å². The average molecular weight is 328 g/mol. The summed E-state index contributed by atoms with van der Waals surface area (Å²) in [6.45, 7) is 9.78. The molecule has 1 saturated heterocycles. The van der Waals surface area contributed by atoms with Crippen molar-refractivity contribution in [3.63, 3.8) is 0 Å². The van der Waals surface area contributed by atoms with Gasteiger partial charge in [0.15, 0.2) is 0 Å². The van der Waals surface area contributed by atoms with Crippen molar-refractivity contribution in [3.8, 4) is 12.3 Å². The number of nitrogens with one attached hydrogen (secondary N) is 2. The van der Waals surface area contributed by atoms with Gasteiger partial charge >= 0.3 is 0 Å². The van der Waals surface area contributed by atoms with Crippen LogP contribution in [0.3, 0.4) is 0 Å². The Balaban J connectivity index is 2.13. The first-order chi connectivity index (χ1) is 11.4. The van der Waals surface area contributed by atoms with Crippen LogP contribution in [-0.2, 0) is 4.74 Å². The zero-order valence-electron chi connectivity index (χ0n) is 15.1. The van der Waals surface area contributed by atoms with Crippen LogP contribution in [0.4, 0.5) is 5.69 Å². The van der Waals surface area contributed by atoms with Crippen LogP contribution in [0.1, 0.15) is 43.1 Å². The Morgan fingerprint density at radius 3 is 2.71 bits per heavy atom. The number of anilines is 1. The van der Waals surface area contributed by atoms with Crippen molar-refractivity contribution in [2.75, 3.05) is 18.5 Å². The van der Waals surface area contributed by atoms with Gasteiger partial charge in [0.25, 0.3) is 5.91 Å². The SMILES string of the molecule is C#C[C@H](NC(=O)c1cccc(N[C@@H](C)C(C)C)c1C)[C@H]1CCOC1. The standard InChI is InChI=1S/C20H28N2O2/c1-6-18(16-10-11-24-12-16)22-20(23)17-8-7-9-19(14(17)4)21-15(5)13(2)3/h1,7-9,13,15-16,18,21H,10-12H2,2-5H3,(H,22,23)/t15-,16-,18-/m0/s1. The maximum atomic E-state index is 12.7. The lowest BCUT2D eigenvalue weighted by Crippen LogP contribution is -2.40. The second kappa shape index (κ2) is 8.21. The average Bonchev–Trinajstić information content (AvgIpc) is 3.08. The Hall–Kier alpha value is -1.99. The first-order valence-electron chi connectivity index (χ1n) is 8.65. The van der Waals surface area contributed by atoms with E-state index in [-0.39, 0.29) is 17.9 Å². The number of amides is 1. The predicted octanol–water partition coefficient (Wildman–Crippen LogP) is 3.22. The molecule has 130 valence electrons. The van der Waals surface area contributed by atoms with Crippen LogP contribution in [0.2, 0.25) is 0 Å². The van der Waals surface area contributed by atoms with Gasteiger partial charge in [0.1, 0.15) is 0 Å². The second-order valence-corrected chi connectivity index (χ2v) is 6.90. The van der Waals surface area contributed by atoms with Gasteiger partial charge in [-0.3, -0.25) is 4.79 Å². The van der Waals surface area contributed by atoms with Gasteiger partial charge < -0.3 is 15.4 Å². The monoisotopic (exact) mass is 328 g/mol. The summed E-state index contributed by atoms with van der Waals surface area (Å²) in [6, 6.07) is 5.80. The van der Waals surface area contributed by atoms with E-state index < -0.39 is 0 Å². The fourth-order valence-electron chi connectivity index (χ4n) is 2.78. The molecule has 2 N–H and O–H groups in total. The van der Waals surface area contributed by atoms with Crippen molar-refractivity contribution >= 4 is 11.6 Å². The van der Waals surface area contributed by atoms with E-state index in [1.807, 2.05) is 25.1 Å². The van der Waals surface area contributed by atoms with Gasteiger partial charge in [-0.1, -0.05) is 25.8 Å². The van der Waals surface area contributed by atoms with Gasteiger partial charge in [-0.15, -0.1) is 6.42 Å². The summed E-state index contributed by atoms with van der Waals surface area (Å²) in [5.74, 6) is 3.28. The zero-order chi connectivity index (χ0) is 17.7. The summed E-state index contributed by atoms with van der Waals surface area (Å²) in [6.07, 6.45) is 6.50. The van der Waals surface area contributed by atoms with E-state index in [0.29, 0.717) is 30.7 Å². The highest BCUT2D eigenvalue weighted by Crippen LogP contribution is 2.22. The molecule has 4 nitrogen and oxygen atoms in total. The smallest absolute Gasteiger partial charge is 0.252 e. The number of ether oxygens (including phenoxy) is 1. The fourth-order valence-corrected chi connectivity index (χ4v) is 2.78. The highest BCUT2D eigenvalue weighted by atomic mass is 16.5. The first-order valence-corrected chi connectivity index (χ1v) is 8.65. The molecule has 1 heterocycles. The van der Waals surface area contributed by atoms with Crippen LogP contribution in [0, 0.1) is 31.1 Å². The van der Waals surface area contributed by atoms with Gasteiger partial charge in [0.2, 0.25) is 0 Å². The maximum absolute atomic E-state index is 12.7. The van der Waals surface area contributed by atoms with Crippen molar-refractivity contribution in [3.05, 3.63) is 29.3 Å². The van der Waals surface area contributed by atoms with Crippen LogP contribution < -0.4 is 10.6 Å². The molecule has 0 bridgehead atoms. The molecule has 0 unspecified atom stereocenters. The Labute approximate surface area is 145 Å². The van der Waals surface area contributed by atoms with Crippen molar-refractivity contribution in [1.29, 1.82) is 0 Å². The number of hydrogen-bond donors (Lipinski definition) is 2. The second-order valence-electron chi connectivity index (χ2n) is 6.90. The number of carbonyl (C=O) groups is 1.